The summed E-state index contributed by atoms with van der Waals surface area (Å²) in [7, 11) is 1.48. The molecule has 2 N–H and O–H groups in total. The molecule has 0 aromatic heterocycles. The van der Waals surface area contributed by atoms with Crippen molar-refractivity contribution < 1.29 is 17.9 Å². The summed E-state index contributed by atoms with van der Waals surface area (Å²) in [6.07, 6.45) is 0. The Bertz CT molecular complexity index is 660. The lowest BCUT2D eigenvalue weighted by atomic mass is 9.98. The molecule has 20 heavy (non-hydrogen) atoms. The summed E-state index contributed by atoms with van der Waals surface area (Å²) in [5.74, 6) is -3.54. The van der Waals surface area contributed by atoms with Gasteiger partial charge in [-0.25, -0.2) is 13.2 Å². The molecule has 5 heteroatoms. The lowest BCUT2D eigenvalue weighted by Gasteiger charge is -2.10. The van der Waals surface area contributed by atoms with Gasteiger partial charge in [0.1, 0.15) is 5.75 Å². The maximum atomic E-state index is 13.2. The van der Waals surface area contributed by atoms with Crippen LogP contribution in [-0.4, -0.2) is 7.11 Å². The summed E-state index contributed by atoms with van der Waals surface area (Å²) in [5, 5.41) is 0. The van der Waals surface area contributed by atoms with Gasteiger partial charge >= 0.3 is 0 Å². The van der Waals surface area contributed by atoms with Crippen LogP contribution in [0.1, 0.15) is 11.1 Å². The third-order valence-electron chi connectivity index (χ3n) is 2.91. The number of benzene rings is 2. The van der Waals surface area contributed by atoms with E-state index in [4.69, 9.17) is 10.5 Å². The van der Waals surface area contributed by atoms with Crippen LogP contribution in [0.5, 0.6) is 5.75 Å². The van der Waals surface area contributed by atoms with Crippen molar-refractivity contribution in [2.24, 2.45) is 0 Å². The summed E-state index contributed by atoms with van der Waals surface area (Å²) < 4.78 is 44.4. The Morgan fingerprint density at radius 3 is 2.15 bits per heavy atom. The number of nitrogen functional groups attached to an aromatic ring is 1. The molecule has 2 aromatic rings. The van der Waals surface area contributed by atoms with Crippen molar-refractivity contribution in [2.75, 3.05) is 12.8 Å². The molecule has 0 saturated heterocycles. The molecule has 104 valence electrons. The molecule has 0 amide bonds. The lowest BCUT2D eigenvalue weighted by molar-refractivity contribution is 0.417. The number of hydrogen-bond acceptors (Lipinski definition) is 2. The summed E-state index contributed by atoms with van der Waals surface area (Å²) in [4.78, 5) is 0. The highest BCUT2D eigenvalue weighted by atomic mass is 19.2. The van der Waals surface area contributed by atoms with Gasteiger partial charge in [-0.05, 0) is 41.0 Å². The zero-order valence-corrected chi connectivity index (χ0v) is 10.7. The fraction of sp³-hybridized carbons (Fsp3) is 0.0667. The van der Waals surface area contributed by atoms with Crippen molar-refractivity contribution in [3.8, 4) is 5.75 Å². The van der Waals surface area contributed by atoms with Crippen LogP contribution in [0.2, 0.25) is 0 Å². The molecule has 0 unspecified atom stereocenters. The second-order valence-corrected chi connectivity index (χ2v) is 4.19. The van der Waals surface area contributed by atoms with Crippen LogP contribution >= 0.6 is 0 Å². The largest absolute Gasteiger partial charge is 0.495 e. The van der Waals surface area contributed by atoms with Crippen LogP contribution in [0.3, 0.4) is 0 Å². The SMILES string of the molecule is C=C(c1ccc(OC)c(N)c1)c1cc(F)c(F)c(F)c1. The predicted molar refractivity (Wildman–Crippen MR) is 71.9 cm³/mol. The highest BCUT2D eigenvalue weighted by Crippen LogP contribution is 2.29. The van der Waals surface area contributed by atoms with Crippen LogP contribution in [0.15, 0.2) is 36.9 Å². The van der Waals surface area contributed by atoms with E-state index in [0.717, 1.165) is 12.1 Å². The van der Waals surface area contributed by atoms with Crippen LogP contribution in [0, 0.1) is 17.5 Å². The van der Waals surface area contributed by atoms with Gasteiger partial charge in [-0.15, -0.1) is 0 Å². The monoisotopic (exact) mass is 279 g/mol. The van der Waals surface area contributed by atoms with Crippen molar-refractivity contribution in [3.63, 3.8) is 0 Å². The first-order valence-electron chi connectivity index (χ1n) is 5.71. The number of ether oxygens (including phenoxy) is 1. The molecule has 0 aliphatic rings. The van der Waals surface area contributed by atoms with Gasteiger partial charge in [0.15, 0.2) is 17.5 Å². The Hall–Kier alpha value is -2.43. The van der Waals surface area contributed by atoms with Gasteiger partial charge < -0.3 is 10.5 Å². The molecule has 0 aliphatic heterocycles. The third-order valence-corrected chi connectivity index (χ3v) is 2.91. The first kappa shape index (κ1) is 14.0. The highest BCUT2D eigenvalue weighted by Gasteiger charge is 2.13. The zero-order valence-electron chi connectivity index (χ0n) is 10.7. The van der Waals surface area contributed by atoms with Crippen molar-refractivity contribution in [3.05, 3.63) is 65.5 Å². The summed E-state index contributed by atoms with van der Waals surface area (Å²) in [5.41, 5.74) is 7.17. The molecule has 2 aromatic carbocycles. The Balaban J connectivity index is 2.44. The summed E-state index contributed by atoms with van der Waals surface area (Å²) in [6.45, 7) is 3.75. The Labute approximate surface area is 114 Å². The highest BCUT2D eigenvalue weighted by molar-refractivity contribution is 5.80. The predicted octanol–water partition coefficient (Wildman–Crippen LogP) is 3.76. The maximum absolute atomic E-state index is 13.2. The molecule has 0 atom stereocenters. The molecule has 0 spiro atoms. The first-order chi connectivity index (χ1) is 9.43. The molecule has 0 bridgehead atoms. The molecular formula is C15H12F3NO. The molecule has 0 saturated carbocycles. The number of hydrogen-bond donors (Lipinski definition) is 1. The number of rotatable bonds is 3. The van der Waals surface area contributed by atoms with E-state index in [1.54, 1.807) is 18.2 Å². The normalized spacial score (nSPS) is 10.4. The van der Waals surface area contributed by atoms with E-state index in [1.165, 1.54) is 7.11 Å². The van der Waals surface area contributed by atoms with E-state index in [1.807, 2.05) is 0 Å². The van der Waals surface area contributed by atoms with Gasteiger partial charge in [0.2, 0.25) is 0 Å². The fourth-order valence-electron chi connectivity index (χ4n) is 1.82. The average Bonchev–Trinajstić information content (AvgIpc) is 2.43. The number of halogens is 3. The van der Waals surface area contributed by atoms with Crippen LogP contribution in [0.4, 0.5) is 18.9 Å². The Kier molecular flexibility index (Phi) is 3.70. The van der Waals surface area contributed by atoms with Gasteiger partial charge in [-0.1, -0.05) is 12.6 Å². The van der Waals surface area contributed by atoms with Gasteiger partial charge in [0, 0.05) is 0 Å². The van der Waals surface area contributed by atoms with E-state index in [-0.39, 0.29) is 5.56 Å². The van der Waals surface area contributed by atoms with Crippen molar-refractivity contribution >= 4 is 11.3 Å². The van der Waals surface area contributed by atoms with Gasteiger partial charge in [-0.2, -0.15) is 0 Å². The Morgan fingerprint density at radius 2 is 1.65 bits per heavy atom. The van der Waals surface area contributed by atoms with E-state index >= 15 is 0 Å². The first-order valence-corrected chi connectivity index (χ1v) is 5.71. The molecule has 0 aliphatic carbocycles. The smallest absolute Gasteiger partial charge is 0.194 e. The lowest BCUT2D eigenvalue weighted by Crippen LogP contribution is -1.97. The topological polar surface area (TPSA) is 35.2 Å². The van der Waals surface area contributed by atoms with Crippen molar-refractivity contribution in [2.45, 2.75) is 0 Å². The zero-order chi connectivity index (χ0) is 14.9. The van der Waals surface area contributed by atoms with Crippen LogP contribution in [0.25, 0.3) is 5.57 Å². The minimum Gasteiger partial charge on any atom is -0.495 e. The minimum atomic E-state index is -1.50. The summed E-state index contributed by atoms with van der Waals surface area (Å²) in [6, 6.07) is 6.62. The van der Waals surface area contributed by atoms with Crippen LogP contribution in [-0.2, 0) is 0 Å². The van der Waals surface area contributed by atoms with Gasteiger partial charge in [0.05, 0.1) is 12.8 Å². The van der Waals surface area contributed by atoms with Gasteiger partial charge in [0.25, 0.3) is 0 Å². The van der Waals surface area contributed by atoms with Crippen molar-refractivity contribution in [1.29, 1.82) is 0 Å². The molecule has 0 heterocycles. The number of nitrogens with two attached hydrogens (primary N) is 1. The average molecular weight is 279 g/mol. The third kappa shape index (κ3) is 2.47. The van der Waals surface area contributed by atoms with E-state index in [2.05, 4.69) is 6.58 Å². The molecule has 0 fully saturated rings. The summed E-state index contributed by atoms with van der Waals surface area (Å²) >= 11 is 0. The van der Waals surface area contributed by atoms with E-state index < -0.39 is 17.5 Å². The van der Waals surface area contributed by atoms with E-state index in [0.29, 0.717) is 22.6 Å². The second-order valence-electron chi connectivity index (χ2n) is 4.19. The van der Waals surface area contributed by atoms with Crippen molar-refractivity contribution in [1.82, 2.24) is 0 Å². The molecule has 2 rings (SSSR count). The molecular weight excluding hydrogens is 267 g/mol. The van der Waals surface area contributed by atoms with Gasteiger partial charge in [-0.3, -0.25) is 0 Å². The molecule has 0 radical (unpaired) electrons. The minimum absolute atomic E-state index is 0.144. The fourth-order valence-corrected chi connectivity index (χ4v) is 1.82. The number of methoxy groups -OCH3 is 1. The van der Waals surface area contributed by atoms with E-state index in [9.17, 15) is 13.2 Å². The number of anilines is 1. The second kappa shape index (κ2) is 5.28. The standard InChI is InChI=1S/C15H12F3NO/c1-8(9-3-4-14(20-2)13(19)7-9)10-5-11(16)15(18)12(17)6-10/h3-7H,1,19H2,2H3. The Morgan fingerprint density at radius 1 is 1.05 bits per heavy atom. The maximum Gasteiger partial charge on any atom is 0.194 e. The van der Waals surface area contributed by atoms with Crippen LogP contribution < -0.4 is 10.5 Å². The quantitative estimate of drug-likeness (QED) is 0.686. The molecule has 2 nitrogen and oxygen atoms in total.